The maximum atomic E-state index is 12.6. The summed E-state index contributed by atoms with van der Waals surface area (Å²) in [5.41, 5.74) is 3.79. The highest BCUT2D eigenvalue weighted by molar-refractivity contribution is 9.10. The number of nitrogens with one attached hydrogen (secondary N) is 1. The zero-order valence-corrected chi connectivity index (χ0v) is 15.5. The molecule has 2 aromatic heterocycles. The van der Waals surface area contributed by atoms with Gasteiger partial charge in [-0.25, -0.2) is 9.97 Å². The number of nitrogens with zero attached hydrogens (tertiary/aromatic N) is 4. The molecule has 2 aliphatic heterocycles. The molecule has 0 radical (unpaired) electrons. The molecule has 6 nitrogen and oxygen atoms in total. The Hall–Kier alpha value is -1.86. The molecule has 0 amide bonds. The predicted molar refractivity (Wildman–Crippen MR) is 99.9 cm³/mol. The van der Waals surface area contributed by atoms with E-state index in [0.29, 0.717) is 12.4 Å². The van der Waals surface area contributed by atoms with E-state index in [1.54, 1.807) is 0 Å². The van der Waals surface area contributed by atoms with Crippen molar-refractivity contribution in [1.82, 2.24) is 19.9 Å². The van der Waals surface area contributed by atoms with Gasteiger partial charge in [0.05, 0.1) is 17.0 Å². The van der Waals surface area contributed by atoms with Crippen molar-refractivity contribution >= 4 is 21.6 Å². The van der Waals surface area contributed by atoms with E-state index in [2.05, 4.69) is 41.9 Å². The molecular weight excluding hydrogens is 382 g/mol. The smallest absolute Gasteiger partial charge is 0.255 e. The third kappa shape index (κ3) is 3.72. The molecule has 25 heavy (non-hydrogen) atoms. The van der Waals surface area contributed by atoms with Crippen molar-refractivity contribution in [3.63, 3.8) is 0 Å². The second-order valence-electron chi connectivity index (χ2n) is 6.58. The van der Waals surface area contributed by atoms with Gasteiger partial charge in [0, 0.05) is 38.8 Å². The van der Waals surface area contributed by atoms with Gasteiger partial charge in [-0.15, -0.1) is 0 Å². The summed E-state index contributed by atoms with van der Waals surface area (Å²) in [6.45, 7) is 3.14. The maximum absolute atomic E-state index is 12.6. The molecule has 4 rings (SSSR count). The minimum Gasteiger partial charge on any atom is -0.305 e. The van der Waals surface area contributed by atoms with E-state index in [4.69, 9.17) is 4.98 Å². The Labute approximate surface area is 154 Å². The summed E-state index contributed by atoms with van der Waals surface area (Å²) in [5, 5.41) is 0. The Balaban J connectivity index is 1.54. The number of pyridine rings is 1. The van der Waals surface area contributed by atoms with Crippen LogP contribution >= 0.6 is 15.9 Å². The monoisotopic (exact) mass is 401 g/mol. The van der Waals surface area contributed by atoms with Crippen molar-refractivity contribution in [2.75, 3.05) is 13.1 Å². The number of hydrogen-bond donors (Lipinski definition) is 1. The van der Waals surface area contributed by atoms with Gasteiger partial charge in [0.1, 0.15) is 4.60 Å². The van der Waals surface area contributed by atoms with Gasteiger partial charge in [0.25, 0.3) is 5.56 Å². The fraction of sp³-hybridized carbons (Fsp3) is 0.444. The van der Waals surface area contributed by atoms with Gasteiger partial charge in [0.2, 0.25) is 0 Å². The van der Waals surface area contributed by atoms with Crippen LogP contribution in [0.1, 0.15) is 41.9 Å². The zero-order valence-electron chi connectivity index (χ0n) is 14.0. The van der Waals surface area contributed by atoms with Crippen LogP contribution in [0.4, 0.5) is 0 Å². The molecule has 130 valence electrons. The average Bonchev–Trinajstić information content (AvgIpc) is 2.65. The topological polar surface area (TPSA) is 74.2 Å². The summed E-state index contributed by atoms with van der Waals surface area (Å²) in [4.78, 5) is 31.3. The van der Waals surface area contributed by atoms with Gasteiger partial charge >= 0.3 is 0 Å². The lowest BCUT2D eigenvalue weighted by atomic mass is 10.0. The molecule has 2 aliphatic rings. The number of aromatic nitrogens is 3. The number of H-pyrrole nitrogens is 1. The Morgan fingerprint density at radius 1 is 1.24 bits per heavy atom. The van der Waals surface area contributed by atoms with Crippen LogP contribution in [0.25, 0.3) is 0 Å². The molecular formula is C18H20BrN5O. The predicted octanol–water partition coefficient (Wildman–Crippen LogP) is 2.46. The SMILES string of the molecule is O=c1[nH]c(C2=NCCCC2)nc2c1CN(Cc1ccc(Br)nc1)CC2. The molecule has 0 unspecified atom stereocenters. The number of aliphatic imine (C=N–C) groups is 1. The number of hydrogen-bond acceptors (Lipinski definition) is 5. The molecule has 0 aromatic carbocycles. The van der Waals surface area contributed by atoms with E-state index in [-0.39, 0.29) is 5.56 Å². The largest absolute Gasteiger partial charge is 0.305 e. The van der Waals surface area contributed by atoms with E-state index < -0.39 is 0 Å². The van der Waals surface area contributed by atoms with Crippen molar-refractivity contribution in [3.8, 4) is 0 Å². The van der Waals surface area contributed by atoms with Crippen LogP contribution in [0.3, 0.4) is 0 Å². The number of halogens is 1. The van der Waals surface area contributed by atoms with Gasteiger partial charge in [0.15, 0.2) is 5.82 Å². The van der Waals surface area contributed by atoms with Crippen molar-refractivity contribution < 1.29 is 0 Å². The summed E-state index contributed by atoms with van der Waals surface area (Å²) >= 11 is 3.35. The molecule has 4 heterocycles. The first kappa shape index (κ1) is 16.6. The Bertz CT molecular complexity index is 859. The lowest BCUT2D eigenvalue weighted by Gasteiger charge is -2.27. The van der Waals surface area contributed by atoms with Crippen LogP contribution < -0.4 is 5.56 Å². The molecule has 1 N–H and O–H groups in total. The number of aromatic amines is 1. The van der Waals surface area contributed by atoms with Gasteiger partial charge in [-0.2, -0.15) is 0 Å². The van der Waals surface area contributed by atoms with Gasteiger partial charge in [-0.1, -0.05) is 6.07 Å². The lowest BCUT2D eigenvalue weighted by Crippen LogP contribution is -2.36. The third-order valence-corrected chi connectivity index (χ3v) is 5.21. The summed E-state index contributed by atoms with van der Waals surface area (Å²) < 4.78 is 0.832. The average molecular weight is 402 g/mol. The van der Waals surface area contributed by atoms with Crippen LogP contribution in [0.2, 0.25) is 0 Å². The minimum absolute atomic E-state index is 0.0214. The summed E-state index contributed by atoms with van der Waals surface area (Å²) in [6.07, 6.45) is 5.81. The molecule has 7 heteroatoms. The summed E-state index contributed by atoms with van der Waals surface area (Å²) in [7, 11) is 0. The fourth-order valence-corrected chi connectivity index (χ4v) is 3.64. The van der Waals surface area contributed by atoms with Crippen LogP contribution in [-0.2, 0) is 19.5 Å². The fourth-order valence-electron chi connectivity index (χ4n) is 3.40. The Kier molecular flexibility index (Phi) is 4.76. The zero-order chi connectivity index (χ0) is 17.2. The highest BCUT2D eigenvalue weighted by Crippen LogP contribution is 2.18. The van der Waals surface area contributed by atoms with Gasteiger partial charge in [-0.05, 0) is 46.8 Å². The van der Waals surface area contributed by atoms with E-state index in [1.807, 2.05) is 12.3 Å². The highest BCUT2D eigenvalue weighted by Gasteiger charge is 2.22. The molecule has 0 bridgehead atoms. The molecule has 2 aromatic rings. The lowest BCUT2D eigenvalue weighted by molar-refractivity contribution is 0.241. The van der Waals surface area contributed by atoms with Crippen molar-refractivity contribution in [2.45, 2.75) is 38.8 Å². The second kappa shape index (κ2) is 7.17. The summed E-state index contributed by atoms with van der Waals surface area (Å²) in [6, 6.07) is 4.00. The van der Waals surface area contributed by atoms with Crippen LogP contribution in [0.5, 0.6) is 0 Å². The molecule has 0 spiro atoms. The van der Waals surface area contributed by atoms with E-state index in [9.17, 15) is 4.79 Å². The van der Waals surface area contributed by atoms with Gasteiger partial charge in [-0.3, -0.25) is 14.7 Å². The molecule has 0 atom stereocenters. The Morgan fingerprint density at radius 2 is 2.16 bits per heavy atom. The van der Waals surface area contributed by atoms with Crippen molar-refractivity contribution in [2.24, 2.45) is 4.99 Å². The van der Waals surface area contributed by atoms with Crippen molar-refractivity contribution in [1.29, 1.82) is 0 Å². The summed E-state index contributed by atoms with van der Waals surface area (Å²) in [5.74, 6) is 0.675. The first-order valence-electron chi connectivity index (χ1n) is 8.67. The normalized spacial score (nSPS) is 17.9. The molecule has 0 aliphatic carbocycles. The highest BCUT2D eigenvalue weighted by atomic mass is 79.9. The van der Waals surface area contributed by atoms with Gasteiger partial charge < -0.3 is 4.98 Å². The second-order valence-corrected chi connectivity index (χ2v) is 7.39. The molecule has 0 fully saturated rings. The Morgan fingerprint density at radius 3 is 2.92 bits per heavy atom. The molecule has 0 saturated carbocycles. The van der Waals surface area contributed by atoms with E-state index >= 15 is 0 Å². The van der Waals surface area contributed by atoms with Crippen molar-refractivity contribution in [3.05, 3.63) is 55.9 Å². The van der Waals surface area contributed by atoms with E-state index in [1.165, 1.54) is 0 Å². The van der Waals surface area contributed by atoms with Crippen LogP contribution in [0, 0.1) is 0 Å². The van der Waals surface area contributed by atoms with E-state index in [0.717, 1.165) is 72.5 Å². The minimum atomic E-state index is -0.0214. The van der Waals surface area contributed by atoms with Crippen LogP contribution in [0.15, 0.2) is 32.7 Å². The first-order valence-corrected chi connectivity index (χ1v) is 9.47. The standard InChI is InChI=1S/C18H20BrN5O/c19-16-5-4-12(9-21-16)10-24-8-6-14-13(11-24)18(25)23-17(22-14)15-3-1-2-7-20-15/h4-5,9H,1-3,6-8,10-11H2,(H,22,23,25). The third-order valence-electron chi connectivity index (χ3n) is 4.74. The molecule has 0 saturated heterocycles. The van der Waals surface area contributed by atoms with Crippen LogP contribution in [-0.4, -0.2) is 38.7 Å². The number of rotatable bonds is 3. The quantitative estimate of drug-likeness (QED) is 0.801. The number of fused-ring (bicyclic) bond motifs is 1. The first-order chi connectivity index (χ1) is 12.2. The maximum Gasteiger partial charge on any atom is 0.255 e.